The maximum absolute atomic E-state index is 10.9. The first kappa shape index (κ1) is 14.4. The smallest absolute Gasteiger partial charge is 0.287 e. The van der Waals surface area contributed by atoms with Crippen LogP contribution in [0.4, 0.5) is 5.69 Å². The summed E-state index contributed by atoms with van der Waals surface area (Å²) >= 11 is 2.66. The van der Waals surface area contributed by atoms with E-state index in [1.165, 1.54) is 35.4 Å². The Morgan fingerprint density at radius 1 is 1.55 bits per heavy atom. The van der Waals surface area contributed by atoms with Gasteiger partial charge in [0, 0.05) is 10.9 Å². The number of primary amides is 1. The molecule has 104 valence electrons. The Morgan fingerprint density at radius 3 is 2.85 bits per heavy atom. The van der Waals surface area contributed by atoms with Gasteiger partial charge in [0.05, 0.1) is 17.0 Å². The highest BCUT2D eigenvalue weighted by Gasteiger charge is 2.12. The number of carbonyl (C=O) groups excluding carboxylic acids is 1. The number of aromatic nitrogens is 2. The molecule has 0 unspecified atom stereocenters. The number of nitro groups is 1. The molecular formula is C11H10N4O3S2. The van der Waals surface area contributed by atoms with Crippen LogP contribution in [-0.2, 0) is 11.2 Å². The Morgan fingerprint density at radius 2 is 2.30 bits per heavy atom. The molecule has 0 aliphatic rings. The number of hydrogen-bond acceptors (Lipinski definition) is 7. The topological polar surface area (TPSA) is 112 Å². The minimum Gasteiger partial charge on any atom is -0.369 e. The van der Waals surface area contributed by atoms with E-state index in [0.717, 1.165) is 14.9 Å². The average molecular weight is 310 g/mol. The Hall–Kier alpha value is -2.00. The van der Waals surface area contributed by atoms with Gasteiger partial charge in [0.2, 0.25) is 5.91 Å². The van der Waals surface area contributed by atoms with Crippen molar-refractivity contribution in [2.75, 3.05) is 0 Å². The summed E-state index contributed by atoms with van der Waals surface area (Å²) in [6.45, 7) is 1.81. The Kier molecular flexibility index (Phi) is 4.30. The molecule has 0 aliphatic heterocycles. The third-order valence-electron chi connectivity index (χ3n) is 2.33. The van der Waals surface area contributed by atoms with Crippen LogP contribution in [0.25, 0.3) is 0 Å². The number of nitrogens with zero attached hydrogens (tertiary/aromatic N) is 3. The van der Waals surface area contributed by atoms with E-state index in [2.05, 4.69) is 9.97 Å². The molecule has 0 aromatic carbocycles. The highest BCUT2D eigenvalue weighted by Crippen LogP contribution is 2.32. The van der Waals surface area contributed by atoms with E-state index in [9.17, 15) is 14.9 Å². The molecule has 2 rings (SSSR count). The molecule has 0 saturated heterocycles. The summed E-state index contributed by atoms with van der Waals surface area (Å²) in [6, 6.07) is 2.95. The first-order chi connectivity index (χ1) is 9.45. The number of hydrogen-bond donors (Lipinski definition) is 1. The third-order valence-corrected chi connectivity index (χ3v) is 4.50. The molecule has 1 amide bonds. The molecule has 0 spiro atoms. The molecule has 2 heterocycles. The molecule has 0 radical (unpaired) electrons. The van der Waals surface area contributed by atoms with Gasteiger partial charge in [-0.15, -0.1) is 11.3 Å². The summed E-state index contributed by atoms with van der Waals surface area (Å²) in [5, 5.41) is 11.1. The third kappa shape index (κ3) is 3.52. The second-order valence-electron chi connectivity index (χ2n) is 3.85. The molecule has 0 bridgehead atoms. The van der Waals surface area contributed by atoms with Crippen molar-refractivity contribution in [2.45, 2.75) is 22.7 Å². The van der Waals surface area contributed by atoms with E-state index in [0.29, 0.717) is 5.03 Å². The van der Waals surface area contributed by atoms with Crippen LogP contribution >= 0.6 is 23.1 Å². The van der Waals surface area contributed by atoms with Crippen molar-refractivity contribution >= 4 is 34.7 Å². The van der Waals surface area contributed by atoms with Crippen molar-refractivity contribution in [2.24, 2.45) is 5.73 Å². The Labute approximate surface area is 122 Å². The first-order valence-corrected chi connectivity index (χ1v) is 7.12. The normalized spacial score (nSPS) is 10.4. The van der Waals surface area contributed by atoms with Gasteiger partial charge in [-0.3, -0.25) is 14.9 Å². The number of aryl methyl sites for hydroxylation is 1. The molecule has 0 saturated carbocycles. The fourth-order valence-electron chi connectivity index (χ4n) is 1.40. The molecule has 0 atom stereocenters. The van der Waals surface area contributed by atoms with Crippen molar-refractivity contribution in [3.05, 3.63) is 39.0 Å². The van der Waals surface area contributed by atoms with Crippen LogP contribution in [0.1, 0.15) is 10.6 Å². The maximum atomic E-state index is 10.9. The quantitative estimate of drug-likeness (QED) is 0.667. The van der Waals surface area contributed by atoms with Crippen molar-refractivity contribution in [3.63, 3.8) is 0 Å². The van der Waals surface area contributed by atoms with Crippen LogP contribution in [0.2, 0.25) is 0 Å². The summed E-state index contributed by atoms with van der Waals surface area (Å²) in [4.78, 5) is 30.1. The Balaban J connectivity index is 2.13. The first-order valence-electron chi connectivity index (χ1n) is 5.48. The van der Waals surface area contributed by atoms with Gasteiger partial charge in [0.1, 0.15) is 11.2 Å². The lowest BCUT2D eigenvalue weighted by molar-refractivity contribution is -0.385. The predicted molar refractivity (Wildman–Crippen MR) is 74.8 cm³/mol. The summed E-state index contributed by atoms with van der Waals surface area (Å²) < 4.78 is 0.722. The summed E-state index contributed by atoms with van der Waals surface area (Å²) in [5.74, 6) is -0.401. The maximum Gasteiger partial charge on any atom is 0.287 e. The number of pyridine rings is 1. The van der Waals surface area contributed by atoms with E-state index in [4.69, 9.17) is 5.73 Å². The van der Waals surface area contributed by atoms with Gasteiger partial charge in [-0.2, -0.15) is 0 Å². The molecule has 0 aliphatic carbocycles. The molecular weight excluding hydrogens is 300 g/mol. The lowest BCUT2D eigenvalue weighted by atomic mass is 10.3. The molecule has 9 heteroatoms. The highest BCUT2D eigenvalue weighted by molar-refractivity contribution is 8.01. The molecule has 7 nitrogen and oxygen atoms in total. The standard InChI is InChI=1S/C11H10N4O3S2/c1-6-8(4-9(12)16)19-11(14-6)20-10-3-2-7(5-13-10)15(17)18/h2-3,5H,4H2,1H3,(H2,12,16). The SMILES string of the molecule is Cc1nc(Sc2ccc([N+](=O)[O-])cn2)sc1CC(N)=O. The second-order valence-corrected chi connectivity index (χ2v) is 6.20. The van der Waals surface area contributed by atoms with Crippen LogP contribution in [0.3, 0.4) is 0 Å². The molecule has 2 aromatic heterocycles. The molecule has 2 N–H and O–H groups in total. The van der Waals surface area contributed by atoms with Crippen LogP contribution in [-0.4, -0.2) is 20.8 Å². The van der Waals surface area contributed by atoms with Crippen molar-refractivity contribution in [1.29, 1.82) is 0 Å². The van der Waals surface area contributed by atoms with E-state index >= 15 is 0 Å². The minimum atomic E-state index is -0.500. The van der Waals surface area contributed by atoms with Gasteiger partial charge in [-0.1, -0.05) is 0 Å². The number of thiazole rings is 1. The van der Waals surface area contributed by atoms with Gasteiger partial charge < -0.3 is 5.73 Å². The lowest BCUT2D eigenvalue weighted by Gasteiger charge is -1.95. The van der Waals surface area contributed by atoms with E-state index in [-0.39, 0.29) is 12.1 Å². The fraction of sp³-hybridized carbons (Fsp3) is 0.182. The van der Waals surface area contributed by atoms with Crippen molar-refractivity contribution in [3.8, 4) is 0 Å². The predicted octanol–water partition coefficient (Wildman–Crippen LogP) is 1.93. The number of nitrogens with two attached hydrogens (primary N) is 1. The molecule has 0 fully saturated rings. The summed E-state index contributed by atoms with van der Waals surface area (Å²) in [6.07, 6.45) is 1.37. The average Bonchev–Trinajstić information content (AvgIpc) is 2.69. The number of amides is 1. The number of carbonyl (C=O) groups is 1. The van der Waals surface area contributed by atoms with Crippen LogP contribution in [0.15, 0.2) is 27.7 Å². The van der Waals surface area contributed by atoms with Gasteiger partial charge >= 0.3 is 0 Å². The van der Waals surface area contributed by atoms with Crippen LogP contribution < -0.4 is 5.73 Å². The van der Waals surface area contributed by atoms with Gasteiger partial charge in [-0.05, 0) is 24.8 Å². The van der Waals surface area contributed by atoms with Crippen LogP contribution in [0, 0.1) is 17.0 Å². The second kappa shape index (κ2) is 5.97. The Bertz CT molecular complexity index is 654. The molecule has 20 heavy (non-hydrogen) atoms. The van der Waals surface area contributed by atoms with E-state index in [1.54, 1.807) is 6.07 Å². The summed E-state index contributed by atoms with van der Waals surface area (Å²) in [5.41, 5.74) is 5.86. The fourth-order valence-corrected chi connectivity index (χ4v) is 3.53. The highest BCUT2D eigenvalue weighted by atomic mass is 32.2. The van der Waals surface area contributed by atoms with Crippen LogP contribution in [0.5, 0.6) is 0 Å². The van der Waals surface area contributed by atoms with Gasteiger partial charge in [0.15, 0.2) is 4.34 Å². The van der Waals surface area contributed by atoms with Crippen molar-refractivity contribution < 1.29 is 9.72 Å². The zero-order valence-electron chi connectivity index (χ0n) is 10.4. The lowest BCUT2D eigenvalue weighted by Crippen LogP contribution is -2.13. The molecule has 2 aromatic rings. The largest absolute Gasteiger partial charge is 0.369 e. The summed E-state index contributed by atoms with van der Waals surface area (Å²) in [7, 11) is 0. The van der Waals surface area contributed by atoms with E-state index in [1.807, 2.05) is 6.92 Å². The zero-order chi connectivity index (χ0) is 14.7. The van der Waals surface area contributed by atoms with Gasteiger partial charge in [-0.25, -0.2) is 9.97 Å². The van der Waals surface area contributed by atoms with E-state index < -0.39 is 10.8 Å². The number of rotatable bonds is 5. The zero-order valence-corrected chi connectivity index (χ0v) is 12.0. The monoisotopic (exact) mass is 310 g/mol. The minimum absolute atomic E-state index is 0.0564. The van der Waals surface area contributed by atoms with Crippen molar-refractivity contribution in [1.82, 2.24) is 9.97 Å². The van der Waals surface area contributed by atoms with Gasteiger partial charge in [0.25, 0.3) is 5.69 Å².